The summed E-state index contributed by atoms with van der Waals surface area (Å²) in [4.78, 5) is 0. The molecule has 0 saturated heterocycles. The van der Waals surface area contributed by atoms with Crippen LogP contribution >= 0.6 is 0 Å². The number of aliphatic hydroxyl groups is 1. The third-order valence-corrected chi connectivity index (χ3v) is 4.78. The summed E-state index contributed by atoms with van der Waals surface area (Å²) in [6, 6.07) is 8.98. The van der Waals surface area contributed by atoms with E-state index in [0.29, 0.717) is 0 Å². The first-order chi connectivity index (χ1) is 9.31. The van der Waals surface area contributed by atoms with E-state index in [4.69, 9.17) is 0 Å². The fourth-order valence-electron chi connectivity index (χ4n) is 3.28. The van der Waals surface area contributed by atoms with E-state index in [0.717, 1.165) is 25.3 Å². The molecule has 0 spiro atoms. The van der Waals surface area contributed by atoms with Gasteiger partial charge in [-0.2, -0.15) is 0 Å². The summed E-state index contributed by atoms with van der Waals surface area (Å²) in [5.41, 5.74) is 2.84. The van der Waals surface area contributed by atoms with E-state index in [1.165, 1.54) is 43.2 Å². The van der Waals surface area contributed by atoms with Gasteiger partial charge in [0.2, 0.25) is 0 Å². The molecule has 2 aliphatic carbocycles. The quantitative estimate of drug-likeness (QED) is 0.850. The second kappa shape index (κ2) is 5.64. The Morgan fingerprint density at radius 3 is 2.63 bits per heavy atom. The highest BCUT2D eigenvalue weighted by molar-refractivity contribution is 5.29. The number of nitrogens with one attached hydrogen (secondary N) is 1. The van der Waals surface area contributed by atoms with E-state index in [9.17, 15) is 5.11 Å². The Labute approximate surface area is 116 Å². The Kier molecular flexibility index (Phi) is 3.90. The van der Waals surface area contributed by atoms with E-state index in [2.05, 4.69) is 29.6 Å². The molecule has 2 heteroatoms. The van der Waals surface area contributed by atoms with Crippen LogP contribution in [0.25, 0.3) is 0 Å². The Morgan fingerprint density at radius 1 is 1.16 bits per heavy atom. The van der Waals surface area contributed by atoms with E-state index in [1.54, 1.807) is 0 Å². The number of hydrogen-bond acceptors (Lipinski definition) is 2. The molecule has 0 aliphatic heterocycles. The molecule has 0 radical (unpaired) electrons. The summed E-state index contributed by atoms with van der Waals surface area (Å²) in [5, 5.41) is 13.3. The molecule has 0 unspecified atom stereocenters. The molecule has 1 aromatic rings. The Hall–Kier alpha value is -0.860. The topological polar surface area (TPSA) is 32.3 Å². The molecule has 3 rings (SSSR count). The third-order valence-electron chi connectivity index (χ3n) is 4.78. The van der Waals surface area contributed by atoms with E-state index < -0.39 is 0 Å². The van der Waals surface area contributed by atoms with Crippen molar-refractivity contribution in [1.82, 2.24) is 5.32 Å². The number of rotatable bonds is 5. The lowest BCUT2D eigenvalue weighted by molar-refractivity contribution is 0.119. The molecule has 0 aromatic heterocycles. The van der Waals surface area contributed by atoms with E-state index >= 15 is 0 Å². The van der Waals surface area contributed by atoms with Crippen LogP contribution in [0.15, 0.2) is 24.3 Å². The fourth-order valence-corrected chi connectivity index (χ4v) is 3.28. The summed E-state index contributed by atoms with van der Waals surface area (Å²) in [6.07, 6.45) is 8.76. The molecule has 0 heterocycles. The molecule has 2 N–H and O–H groups in total. The van der Waals surface area contributed by atoms with Gasteiger partial charge in [0.1, 0.15) is 0 Å². The van der Waals surface area contributed by atoms with Crippen LogP contribution < -0.4 is 5.32 Å². The molecular formula is C17H25NO. The molecule has 0 atom stereocenters. The number of benzene rings is 1. The van der Waals surface area contributed by atoms with Gasteiger partial charge in [0, 0.05) is 12.1 Å². The van der Waals surface area contributed by atoms with Gasteiger partial charge < -0.3 is 10.4 Å². The smallest absolute Gasteiger partial charge is 0.0613 e. The van der Waals surface area contributed by atoms with Crippen molar-refractivity contribution in [2.45, 2.75) is 62.9 Å². The van der Waals surface area contributed by atoms with Crippen molar-refractivity contribution in [3.8, 4) is 0 Å². The molecular weight excluding hydrogens is 234 g/mol. The van der Waals surface area contributed by atoms with Crippen molar-refractivity contribution >= 4 is 0 Å². The maximum absolute atomic E-state index is 9.71. The summed E-state index contributed by atoms with van der Waals surface area (Å²) < 4.78 is 0. The highest BCUT2D eigenvalue weighted by atomic mass is 16.3. The van der Waals surface area contributed by atoms with Crippen LogP contribution in [-0.4, -0.2) is 17.3 Å². The van der Waals surface area contributed by atoms with Crippen molar-refractivity contribution in [3.05, 3.63) is 35.4 Å². The van der Waals surface area contributed by atoms with Gasteiger partial charge in [-0.1, -0.05) is 43.5 Å². The summed E-state index contributed by atoms with van der Waals surface area (Å²) in [7, 11) is 0. The van der Waals surface area contributed by atoms with Gasteiger partial charge in [-0.05, 0) is 42.7 Å². The monoisotopic (exact) mass is 259 g/mol. The van der Waals surface area contributed by atoms with Gasteiger partial charge in [-0.15, -0.1) is 0 Å². The van der Waals surface area contributed by atoms with Gasteiger partial charge in [0.15, 0.2) is 0 Å². The van der Waals surface area contributed by atoms with Crippen LogP contribution in [0.2, 0.25) is 0 Å². The zero-order chi connectivity index (χ0) is 13.1. The van der Waals surface area contributed by atoms with Crippen molar-refractivity contribution in [2.24, 2.45) is 0 Å². The zero-order valence-electron chi connectivity index (χ0n) is 11.7. The van der Waals surface area contributed by atoms with Gasteiger partial charge in [-0.3, -0.25) is 0 Å². The van der Waals surface area contributed by atoms with Crippen molar-refractivity contribution in [2.75, 3.05) is 6.61 Å². The second-order valence-electron chi connectivity index (χ2n) is 6.37. The SMILES string of the molecule is OCC1(NCc2cccc(C3CC3)c2)CCCCC1. The van der Waals surface area contributed by atoms with Gasteiger partial charge in [0.25, 0.3) is 0 Å². The van der Waals surface area contributed by atoms with Gasteiger partial charge in [0.05, 0.1) is 6.61 Å². The van der Waals surface area contributed by atoms with Crippen molar-refractivity contribution in [3.63, 3.8) is 0 Å². The molecule has 2 nitrogen and oxygen atoms in total. The first kappa shape index (κ1) is 13.1. The minimum Gasteiger partial charge on any atom is -0.394 e. The predicted molar refractivity (Wildman–Crippen MR) is 78.2 cm³/mol. The average Bonchev–Trinajstić information content (AvgIpc) is 3.31. The molecule has 0 amide bonds. The maximum Gasteiger partial charge on any atom is 0.0613 e. The van der Waals surface area contributed by atoms with Crippen LogP contribution in [-0.2, 0) is 6.54 Å². The molecule has 2 aliphatic rings. The van der Waals surface area contributed by atoms with Crippen LogP contribution in [0.3, 0.4) is 0 Å². The number of hydrogen-bond donors (Lipinski definition) is 2. The van der Waals surface area contributed by atoms with Gasteiger partial charge >= 0.3 is 0 Å². The molecule has 19 heavy (non-hydrogen) atoms. The molecule has 2 saturated carbocycles. The van der Waals surface area contributed by atoms with Gasteiger partial charge in [-0.25, -0.2) is 0 Å². The van der Waals surface area contributed by atoms with Crippen LogP contribution in [0.4, 0.5) is 0 Å². The minimum absolute atomic E-state index is 0.0200. The lowest BCUT2D eigenvalue weighted by Crippen LogP contribution is -2.49. The summed E-state index contributed by atoms with van der Waals surface area (Å²) >= 11 is 0. The Morgan fingerprint density at radius 2 is 1.95 bits per heavy atom. The molecule has 1 aromatic carbocycles. The maximum atomic E-state index is 9.71. The first-order valence-electron chi connectivity index (χ1n) is 7.76. The largest absolute Gasteiger partial charge is 0.394 e. The summed E-state index contributed by atoms with van der Waals surface area (Å²) in [5.74, 6) is 0.821. The van der Waals surface area contributed by atoms with E-state index in [1.807, 2.05) is 0 Å². The lowest BCUT2D eigenvalue weighted by atomic mass is 9.82. The average molecular weight is 259 g/mol. The summed E-state index contributed by atoms with van der Waals surface area (Å²) in [6.45, 7) is 1.16. The van der Waals surface area contributed by atoms with Crippen LogP contribution in [0.5, 0.6) is 0 Å². The second-order valence-corrected chi connectivity index (χ2v) is 6.37. The molecule has 2 fully saturated rings. The van der Waals surface area contributed by atoms with Crippen LogP contribution in [0.1, 0.15) is 62.0 Å². The molecule has 104 valence electrons. The van der Waals surface area contributed by atoms with Crippen molar-refractivity contribution < 1.29 is 5.11 Å². The standard InChI is InChI=1S/C17H25NO/c19-13-17(9-2-1-3-10-17)18-12-14-5-4-6-16(11-14)15-7-8-15/h4-6,11,15,18-19H,1-3,7-10,12-13H2. The van der Waals surface area contributed by atoms with Crippen LogP contribution in [0, 0.1) is 0 Å². The van der Waals surface area contributed by atoms with Crippen molar-refractivity contribution in [1.29, 1.82) is 0 Å². The van der Waals surface area contributed by atoms with E-state index in [-0.39, 0.29) is 12.1 Å². The minimum atomic E-state index is -0.0200. The highest BCUT2D eigenvalue weighted by Gasteiger charge is 2.30. The normalized spacial score (nSPS) is 22.4. The Balaban J connectivity index is 1.62. The molecule has 0 bridgehead atoms. The fraction of sp³-hybridized carbons (Fsp3) is 0.647. The zero-order valence-corrected chi connectivity index (χ0v) is 11.7. The number of aliphatic hydroxyl groups excluding tert-OH is 1. The highest BCUT2D eigenvalue weighted by Crippen LogP contribution is 2.40. The lowest BCUT2D eigenvalue weighted by Gasteiger charge is -2.36. The predicted octanol–water partition coefficient (Wildman–Crippen LogP) is 3.35. The Bertz CT molecular complexity index is 419. The third kappa shape index (κ3) is 3.18. The first-order valence-corrected chi connectivity index (χ1v) is 7.76.